The third kappa shape index (κ3) is 3.76. The molecule has 0 atom stereocenters. The molecule has 0 spiro atoms. The maximum Gasteiger partial charge on any atom is 0.137 e. The van der Waals surface area contributed by atoms with Gasteiger partial charge in [-0.25, -0.2) is 4.98 Å². The van der Waals surface area contributed by atoms with E-state index in [0.29, 0.717) is 0 Å². The van der Waals surface area contributed by atoms with Crippen molar-refractivity contribution in [2.75, 3.05) is 23.5 Å². The fraction of sp³-hybridized carbons (Fsp3) is 0.147. The molecule has 0 bridgehead atoms. The third-order valence-corrected chi connectivity index (χ3v) is 11.9. The lowest BCUT2D eigenvalue weighted by Crippen LogP contribution is -2.53. The van der Waals surface area contributed by atoms with Crippen molar-refractivity contribution in [3.8, 4) is 5.82 Å². The first-order valence-electron chi connectivity index (χ1n) is 13.6. The SMILES string of the molecule is Cc1ccnc(-n2c3ccccc3c3ccc([Si](C)(C)c4cccc(N5CN(C)c6ccccc65)c4)cc32)c1. The summed E-state index contributed by atoms with van der Waals surface area (Å²) in [6.07, 6.45) is 1.91. The van der Waals surface area contributed by atoms with E-state index < -0.39 is 8.07 Å². The zero-order chi connectivity index (χ0) is 26.7. The van der Waals surface area contributed by atoms with Gasteiger partial charge in [-0.15, -0.1) is 0 Å². The van der Waals surface area contributed by atoms with Gasteiger partial charge in [-0.3, -0.25) is 4.57 Å². The summed E-state index contributed by atoms with van der Waals surface area (Å²) in [6, 6.07) is 37.9. The highest BCUT2D eigenvalue weighted by Crippen LogP contribution is 2.39. The summed E-state index contributed by atoms with van der Waals surface area (Å²) in [7, 11) is 0.144. The van der Waals surface area contributed by atoms with Crippen molar-refractivity contribution in [3.05, 3.63) is 115 Å². The molecule has 3 heterocycles. The third-order valence-electron chi connectivity index (χ3n) is 8.34. The summed E-state index contributed by atoms with van der Waals surface area (Å²) < 4.78 is 2.33. The smallest absolute Gasteiger partial charge is 0.137 e. The number of hydrogen-bond acceptors (Lipinski definition) is 3. The van der Waals surface area contributed by atoms with Crippen LogP contribution in [0.25, 0.3) is 27.6 Å². The second-order valence-electron chi connectivity index (χ2n) is 11.2. The van der Waals surface area contributed by atoms with Crippen LogP contribution in [0.15, 0.2) is 109 Å². The minimum atomic E-state index is -2.02. The Morgan fingerprint density at radius 1 is 0.692 bits per heavy atom. The second kappa shape index (κ2) is 8.85. The van der Waals surface area contributed by atoms with E-state index in [1.807, 2.05) is 6.20 Å². The molecule has 6 aromatic rings. The molecular weight excluding hydrogens is 492 g/mol. The summed E-state index contributed by atoms with van der Waals surface area (Å²) in [6.45, 7) is 7.93. The average molecular weight is 525 g/mol. The summed E-state index contributed by atoms with van der Waals surface area (Å²) in [5, 5.41) is 5.39. The molecule has 39 heavy (non-hydrogen) atoms. The topological polar surface area (TPSA) is 24.3 Å². The molecule has 0 amide bonds. The van der Waals surface area contributed by atoms with Gasteiger partial charge in [-0.1, -0.05) is 78.1 Å². The number of aryl methyl sites for hydroxylation is 1. The number of anilines is 3. The quantitative estimate of drug-likeness (QED) is 0.236. The molecule has 0 unspecified atom stereocenters. The molecule has 0 radical (unpaired) electrons. The predicted molar refractivity (Wildman–Crippen MR) is 168 cm³/mol. The number of pyridine rings is 1. The summed E-state index contributed by atoms with van der Waals surface area (Å²) in [5.74, 6) is 0.969. The van der Waals surface area contributed by atoms with Crippen LogP contribution in [0.4, 0.5) is 17.1 Å². The number of benzene rings is 4. The highest BCUT2D eigenvalue weighted by molar-refractivity contribution is 7.00. The van der Waals surface area contributed by atoms with Crippen LogP contribution in [0.5, 0.6) is 0 Å². The van der Waals surface area contributed by atoms with Gasteiger partial charge in [0.15, 0.2) is 0 Å². The minimum absolute atomic E-state index is 0.861. The molecule has 0 saturated heterocycles. The molecule has 0 saturated carbocycles. The van der Waals surface area contributed by atoms with E-state index in [1.54, 1.807) is 0 Å². The van der Waals surface area contributed by atoms with Crippen LogP contribution in [-0.2, 0) is 0 Å². The Hall–Kier alpha value is -4.35. The Balaban J connectivity index is 1.36. The van der Waals surface area contributed by atoms with E-state index >= 15 is 0 Å². The van der Waals surface area contributed by atoms with Crippen molar-refractivity contribution in [2.45, 2.75) is 20.0 Å². The van der Waals surface area contributed by atoms with Gasteiger partial charge in [0.2, 0.25) is 0 Å². The number of aromatic nitrogens is 2. The van der Waals surface area contributed by atoms with Crippen molar-refractivity contribution in [3.63, 3.8) is 0 Å². The molecule has 2 aromatic heterocycles. The lowest BCUT2D eigenvalue weighted by Gasteiger charge is -2.27. The zero-order valence-corrected chi connectivity index (χ0v) is 23.9. The average Bonchev–Trinajstić information content (AvgIpc) is 3.48. The maximum atomic E-state index is 4.78. The summed E-state index contributed by atoms with van der Waals surface area (Å²) in [4.78, 5) is 9.52. The minimum Gasteiger partial charge on any atom is -0.355 e. The van der Waals surface area contributed by atoms with Gasteiger partial charge in [0.1, 0.15) is 13.9 Å². The van der Waals surface area contributed by atoms with Gasteiger partial charge >= 0.3 is 0 Å². The normalized spacial score (nSPS) is 13.4. The molecule has 5 heteroatoms. The number of para-hydroxylation sites is 3. The summed E-state index contributed by atoms with van der Waals surface area (Å²) >= 11 is 0. The van der Waals surface area contributed by atoms with Crippen LogP contribution >= 0.6 is 0 Å². The Labute approximate surface area is 230 Å². The number of hydrogen-bond donors (Lipinski definition) is 0. The van der Waals surface area contributed by atoms with Crippen molar-refractivity contribution in [2.24, 2.45) is 0 Å². The Kier molecular flexibility index (Phi) is 5.39. The van der Waals surface area contributed by atoms with Gasteiger partial charge in [0.25, 0.3) is 0 Å². The van der Waals surface area contributed by atoms with Gasteiger partial charge < -0.3 is 9.80 Å². The van der Waals surface area contributed by atoms with Crippen molar-refractivity contribution < 1.29 is 0 Å². The highest BCUT2D eigenvalue weighted by atomic mass is 28.3. The van der Waals surface area contributed by atoms with Gasteiger partial charge in [0.05, 0.1) is 29.1 Å². The van der Waals surface area contributed by atoms with Crippen LogP contribution in [0.1, 0.15) is 5.56 Å². The van der Waals surface area contributed by atoms with Gasteiger partial charge in [-0.05, 0) is 61.0 Å². The number of rotatable bonds is 4. The largest absolute Gasteiger partial charge is 0.355 e. The van der Waals surface area contributed by atoms with E-state index in [-0.39, 0.29) is 0 Å². The van der Waals surface area contributed by atoms with E-state index in [2.05, 4.69) is 145 Å². The van der Waals surface area contributed by atoms with Crippen molar-refractivity contribution in [1.82, 2.24) is 9.55 Å². The van der Waals surface area contributed by atoms with Crippen LogP contribution in [-0.4, -0.2) is 31.3 Å². The van der Waals surface area contributed by atoms with E-state index in [4.69, 9.17) is 4.98 Å². The summed E-state index contributed by atoms with van der Waals surface area (Å²) in [5.41, 5.74) is 7.43. The molecule has 1 aliphatic rings. The molecule has 4 aromatic carbocycles. The fourth-order valence-corrected chi connectivity index (χ4v) is 8.43. The van der Waals surface area contributed by atoms with Gasteiger partial charge in [-0.2, -0.15) is 0 Å². The Bertz CT molecular complexity index is 1870. The van der Waals surface area contributed by atoms with Crippen LogP contribution in [0.3, 0.4) is 0 Å². The molecule has 0 N–H and O–H groups in total. The molecule has 1 aliphatic heterocycles. The first-order valence-corrected chi connectivity index (χ1v) is 16.6. The van der Waals surface area contributed by atoms with Crippen LogP contribution in [0, 0.1) is 6.92 Å². The van der Waals surface area contributed by atoms with E-state index in [9.17, 15) is 0 Å². The number of nitrogens with zero attached hydrogens (tertiary/aromatic N) is 4. The highest BCUT2D eigenvalue weighted by Gasteiger charge is 2.29. The standard InChI is InChI=1S/C34H32N4Si/c1-24-18-19-35-34(20-24)38-30-13-6-5-12-28(30)29-17-16-27(22-33(29)38)39(3,4)26-11-9-10-25(21-26)37-23-36(2)31-14-7-8-15-32(31)37/h5-22H,23H2,1-4H3. The van der Waals surface area contributed by atoms with Crippen molar-refractivity contribution >= 4 is 57.3 Å². The zero-order valence-electron chi connectivity index (χ0n) is 22.9. The molecule has 0 aliphatic carbocycles. The predicted octanol–water partition coefficient (Wildman–Crippen LogP) is 6.86. The second-order valence-corrected chi connectivity index (χ2v) is 15.6. The first-order chi connectivity index (χ1) is 18.9. The number of fused-ring (bicyclic) bond motifs is 4. The van der Waals surface area contributed by atoms with E-state index in [0.717, 1.165) is 12.5 Å². The lowest BCUT2D eigenvalue weighted by atomic mass is 10.1. The van der Waals surface area contributed by atoms with E-state index in [1.165, 1.54) is 54.8 Å². The molecule has 7 rings (SSSR count). The van der Waals surface area contributed by atoms with Gasteiger partial charge in [0, 0.05) is 29.7 Å². The monoisotopic (exact) mass is 524 g/mol. The van der Waals surface area contributed by atoms with Crippen LogP contribution < -0.4 is 20.2 Å². The lowest BCUT2D eigenvalue weighted by molar-refractivity contribution is 0.950. The molecular formula is C34H32N4Si. The molecule has 0 fully saturated rings. The van der Waals surface area contributed by atoms with Crippen LogP contribution in [0.2, 0.25) is 13.1 Å². The molecule has 4 nitrogen and oxygen atoms in total. The Morgan fingerprint density at radius 2 is 1.44 bits per heavy atom. The fourth-order valence-electron chi connectivity index (χ4n) is 6.08. The first kappa shape index (κ1) is 23.7. The molecule has 192 valence electrons. The van der Waals surface area contributed by atoms with Crippen molar-refractivity contribution in [1.29, 1.82) is 0 Å². The maximum absolute atomic E-state index is 4.78. The Morgan fingerprint density at radius 3 is 2.28 bits per heavy atom.